The van der Waals surface area contributed by atoms with Crippen molar-refractivity contribution in [2.24, 2.45) is 4.99 Å². The van der Waals surface area contributed by atoms with Gasteiger partial charge in [-0.2, -0.15) is 0 Å². The van der Waals surface area contributed by atoms with Crippen molar-refractivity contribution in [1.82, 2.24) is 10.2 Å². The SMILES string of the molecule is CC1=Nc2ccc(Cl)cc2C(O)N1C1CCC(=O)NC1=O. The summed E-state index contributed by atoms with van der Waals surface area (Å²) in [7, 11) is 0. The van der Waals surface area contributed by atoms with E-state index in [0.29, 0.717) is 28.5 Å². The van der Waals surface area contributed by atoms with E-state index in [1.807, 2.05) is 0 Å². The number of amides is 2. The summed E-state index contributed by atoms with van der Waals surface area (Å²) in [5, 5.41) is 13.4. The third-order valence-corrected chi connectivity index (χ3v) is 3.97. The summed E-state index contributed by atoms with van der Waals surface area (Å²) >= 11 is 5.96. The molecular weight excluding hydrogens is 294 g/mol. The highest BCUT2D eigenvalue weighted by Gasteiger charge is 2.38. The molecule has 1 aromatic rings. The number of benzene rings is 1. The number of rotatable bonds is 1. The molecule has 2 atom stereocenters. The van der Waals surface area contributed by atoms with Crippen LogP contribution in [0.1, 0.15) is 31.6 Å². The first-order valence-electron chi connectivity index (χ1n) is 6.62. The second kappa shape index (κ2) is 5.13. The number of hydrogen-bond acceptors (Lipinski definition) is 5. The number of halogens is 1. The van der Waals surface area contributed by atoms with Crippen LogP contribution >= 0.6 is 11.6 Å². The number of aliphatic imine (C=N–C) groups is 1. The summed E-state index contributed by atoms with van der Waals surface area (Å²) in [4.78, 5) is 29.2. The van der Waals surface area contributed by atoms with Gasteiger partial charge in [0.15, 0.2) is 6.23 Å². The van der Waals surface area contributed by atoms with E-state index in [0.717, 1.165) is 0 Å². The maximum Gasteiger partial charge on any atom is 0.249 e. The molecule has 1 aromatic carbocycles. The zero-order valence-corrected chi connectivity index (χ0v) is 12.1. The molecule has 110 valence electrons. The minimum absolute atomic E-state index is 0.245. The lowest BCUT2D eigenvalue weighted by Crippen LogP contribution is -2.55. The van der Waals surface area contributed by atoms with Gasteiger partial charge in [0.25, 0.3) is 0 Å². The summed E-state index contributed by atoms with van der Waals surface area (Å²) in [6, 6.07) is 4.45. The molecule has 0 saturated carbocycles. The molecule has 0 radical (unpaired) electrons. The third kappa shape index (κ3) is 2.41. The largest absolute Gasteiger partial charge is 0.369 e. The van der Waals surface area contributed by atoms with Crippen molar-refractivity contribution in [1.29, 1.82) is 0 Å². The number of carbonyl (C=O) groups excluding carboxylic acids is 2. The van der Waals surface area contributed by atoms with Crippen LogP contribution in [0.4, 0.5) is 5.69 Å². The lowest BCUT2D eigenvalue weighted by atomic mass is 10.0. The molecule has 1 saturated heterocycles. The van der Waals surface area contributed by atoms with E-state index in [9.17, 15) is 14.7 Å². The first kappa shape index (κ1) is 14.0. The molecule has 2 aliphatic heterocycles. The summed E-state index contributed by atoms with van der Waals surface area (Å²) in [5.41, 5.74) is 1.19. The molecule has 2 N–H and O–H groups in total. The zero-order valence-electron chi connectivity index (χ0n) is 11.3. The molecular formula is C14H14ClN3O3. The van der Waals surface area contributed by atoms with Crippen molar-refractivity contribution in [3.63, 3.8) is 0 Å². The minimum Gasteiger partial charge on any atom is -0.369 e. The first-order chi connectivity index (χ1) is 9.97. The second-order valence-corrected chi connectivity index (χ2v) is 5.55. The van der Waals surface area contributed by atoms with Crippen LogP contribution in [0, 0.1) is 0 Å². The highest BCUT2D eigenvalue weighted by atomic mass is 35.5. The lowest BCUT2D eigenvalue weighted by Gasteiger charge is -2.40. The van der Waals surface area contributed by atoms with Gasteiger partial charge in [-0.1, -0.05) is 11.6 Å². The fourth-order valence-electron chi connectivity index (χ4n) is 2.74. The van der Waals surface area contributed by atoms with Crippen LogP contribution in [-0.4, -0.2) is 33.7 Å². The summed E-state index contributed by atoms with van der Waals surface area (Å²) in [6.45, 7) is 1.73. The Morgan fingerprint density at radius 3 is 2.90 bits per heavy atom. The average Bonchev–Trinajstić information content (AvgIpc) is 2.42. The molecule has 3 rings (SSSR count). The van der Waals surface area contributed by atoms with E-state index in [-0.39, 0.29) is 12.3 Å². The van der Waals surface area contributed by atoms with Gasteiger partial charge < -0.3 is 10.0 Å². The number of imide groups is 1. The highest BCUT2D eigenvalue weighted by Crippen LogP contribution is 2.37. The number of hydrogen-bond donors (Lipinski definition) is 2. The molecule has 21 heavy (non-hydrogen) atoms. The molecule has 0 aromatic heterocycles. The molecule has 2 aliphatic rings. The van der Waals surface area contributed by atoms with Gasteiger partial charge in [-0.3, -0.25) is 14.9 Å². The van der Waals surface area contributed by atoms with E-state index >= 15 is 0 Å². The van der Waals surface area contributed by atoms with Gasteiger partial charge in [-0.15, -0.1) is 0 Å². The Bertz CT molecular complexity index is 659. The quantitative estimate of drug-likeness (QED) is 0.770. The van der Waals surface area contributed by atoms with E-state index in [1.165, 1.54) is 4.90 Å². The lowest BCUT2D eigenvalue weighted by molar-refractivity contribution is -0.139. The second-order valence-electron chi connectivity index (χ2n) is 5.11. The number of carbonyl (C=O) groups is 2. The third-order valence-electron chi connectivity index (χ3n) is 3.73. The molecule has 7 heteroatoms. The molecule has 0 aliphatic carbocycles. The Morgan fingerprint density at radius 2 is 2.19 bits per heavy atom. The van der Waals surface area contributed by atoms with Crippen molar-refractivity contribution in [2.75, 3.05) is 0 Å². The number of piperidine rings is 1. The normalized spacial score (nSPS) is 25.3. The Hall–Kier alpha value is -1.92. The number of fused-ring (bicyclic) bond motifs is 1. The maximum absolute atomic E-state index is 12.0. The fraction of sp³-hybridized carbons (Fsp3) is 0.357. The van der Waals surface area contributed by atoms with Crippen LogP contribution in [0.3, 0.4) is 0 Å². The van der Waals surface area contributed by atoms with Crippen molar-refractivity contribution >= 4 is 34.9 Å². The van der Waals surface area contributed by atoms with Crippen LogP contribution in [0.15, 0.2) is 23.2 Å². The Balaban J connectivity index is 1.98. The van der Waals surface area contributed by atoms with Gasteiger partial charge in [-0.05, 0) is 31.5 Å². The van der Waals surface area contributed by atoms with Crippen molar-refractivity contribution in [2.45, 2.75) is 32.0 Å². The maximum atomic E-state index is 12.0. The van der Waals surface area contributed by atoms with Crippen LogP contribution in [-0.2, 0) is 9.59 Å². The van der Waals surface area contributed by atoms with Gasteiger partial charge in [0.1, 0.15) is 11.9 Å². The number of aliphatic hydroxyl groups excluding tert-OH is 1. The summed E-state index contributed by atoms with van der Waals surface area (Å²) in [6.07, 6.45) is -0.417. The van der Waals surface area contributed by atoms with E-state index in [1.54, 1.807) is 25.1 Å². The van der Waals surface area contributed by atoms with E-state index in [4.69, 9.17) is 11.6 Å². The van der Waals surface area contributed by atoms with E-state index in [2.05, 4.69) is 10.3 Å². The number of amidine groups is 1. The summed E-state index contributed by atoms with van der Waals surface area (Å²) in [5.74, 6) is -0.169. The van der Waals surface area contributed by atoms with Gasteiger partial charge in [-0.25, -0.2) is 4.99 Å². The average molecular weight is 308 g/mol. The predicted octanol–water partition coefficient (Wildman–Crippen LogP) is 1.50. The molecule has 0 bridgehead atoms. The topological polar surface area (TPSA) is 82.0 Å². The van der Waals surface area contributed by atoms with Crippen molar-refractivity contribution in [3.05, 3.63) is 28.8 Å². The van der Waals surface area contributed by atoms with Gasteiger partial charge >= 0.3 is 0 Å². The van der Waals surface area contributed by atoms with Crippen molar-refractivity contribution in [3.8, 4) is 0 Å². The Labute approximate surface area is 126 Å². The van der Waals surface area contributed by atoms with Crippen LogP contribution in [0.5, 0.6) is 0 Å². The number of nitrogens with one attached hydrogen (secondary N) is 1. The molecule has 6 nitrogen and oxygen atoms in total. The smallest absolute Gasteiger partial charge is 0.249 e. The molecule has 0 spiro atoms. The predicted molar refractivity (Wildman–Crippen MR) is 77.2 cm³/mol. The molecule has 2 heterocycles. The molecule has 2 unspecified atom stereocenters. The fourth-order valence-corrected chi connectivity index (χ4v) is 2.92. The van der Waals surface area contributed by atoms with Crippen LogP contribution < -0.4 is 5.32 Å². The van der Waals surface area contributed by atoms with Gasteiger partial charge in [0, 0.05) is 17.0 Å². The van der Waals surface area contributed by atoms with Gasteiger partial charge in [0.2, 0.25) is 11.8 Å². The number of nitrogens with zero attached hydrogens (tertiary/aromatic N) is 2. The number of aliphatic hydroxyl groups is 1. The van der Waals surface area contributed by atoms with Crippen molar-refractivity contribution < 1.29 is 14.7 Å². The highest BCUT2D eigenvalue weighted by molar-refractivity contribution is 6.30. The molecule has 2 amide bonds. The van der Waals surface area contributed by atoms with E-state index < -0.39 is 18.2 Å². The standard InChI is InChI=1S/C14H14ClN3O3/c1-7-16-10-3-2-8(15)6-9(10)14(21)18(7)11-4-5-12(19)17-13(11)20/h2-3,6,11,14,21H,4-5H2,1H3,(H,17,19,20). The Morgan fingerprint density at radius 1 is 1.43 bits per heavy atom. The van der Waals surface area contributed by atoms with Gasteiger partial charge in [0.05, 0.1) is 5.69 Å². The van der Waals surface area contributed by atoms with Crippen LogP contribution in [0.2, 0.25) is 5.02 Å². The summed E-state index contributed by atoms with van der Waals surface area (Å²) < 4.78 is 0. The first-order valence-corrected chi connectivity index (χ1v) is 7.00. The monoisotopic (exact) mass is 307 g/mol. The molecule has 1 fully saturated rings. The van der Waals surface area contributed by atoms with Crippen LogP contribution in [0.25, 0.3) is 0 Å². The minimum atomic E-state index is -1.01. The zero-order chi connectivity index (χ0) is 15.1. The Kier molecular flexibility index (Phi) is 3.43.